The highest BCUT2D eigenvalue weighted by Gasteiger charge is 2.27. The summed E-state index contributed by atoms with van der Waals surface area (Å²) in [4.78, 5) is 9.40. The maximum atomic E-state index is 5.52. The van der Waals surface area contributed by atoms with E-state index in [-0.39, 0.29) is 6.04 Å². The van der Waals surface area contributed by atoms with Crippen molar-refractivity contribution in [2.45, 2.75) is 31.7 Å². The standard InChI is InChI=1S/C15H27N5O/c1-19-8-3-9-20(2)13(11-19)15-17-14(21-18-15)10-12-4-6-16-7-5-12/h12-13,16H,3-11H2,1-2H3. The fourth-order valence-electron chi connectivity index (χ4n) is 3.37. The summed E-state index contributed by atoms with van der Waals surface area (Å²) in [5.41, 5.74) is 0. The first-order valence-electron chi connectivity index (χ1n) is 8.14. The maximum absolute atomic E-state index is 5.52. The minimum Gasteiger partial charge on any atom is -0.339 e. The molecule has 1 N–H and O–H groups in total. The van der Waals surface area contributed by atoms with Gasteiger partial charge in [-0.1, -0.05) is 5.16 Å². The quantitative estimate of drug-likeness (QED) is 0.894. The number of rotatable bonds is 3. The van der Waals surface area contributed by atoms with Gasteiger partial charge in [0.2, 0.25) is 5.89 Å². The highest BCUT2D eigenvalue weighted by molar-refractivity contribution is 4.98. The van der Waals surface area contributed by atoms with E-state index in [4.69, 9.17) is 4.52 Å². The lowest BCUT2D eigenvalue weighted by Crippen LogP contribution is -2.31. The van der Waals surface area contributed by atoms with E-state index in [2.05, 4.69) is 39.4 Å². The van der Waals surface area contributed by atoms with E-state index in [0.29, 0.717) is 5.92 Å². The van der Waals surface area contributed by atoms with Crippen LogP contribution in [0.5, 0.6) is 0 Å². The Hall–Kier alpha value is -0.980. The van der Waals surface area contributed by atoms with E-state index < -0.39 is 0 Å². The van der Waals surface area contributed by atoms with Gasteiger partial charge in [-0.25, -0.2) is 0 Å². The molecule has 0 aliphatic carbocycles. The Morgan fingerprint density at radius 1 is 1.24 bits per heavy atom. The van der Waals surface area contributed by atoms with Crippen molar-refractivity contribution in [3.8, 4) is 0 Å². The lowest BCUT2D eigenvalue weighted by molar-refractivity contribution is 0.214. The maximum Gasteiger partial charge on any atom is 0.226 e. The van der Waals surface area contributed by atoms with Gasteiger partial charge in [-0.05, 0) is 65.5 Å². The van der Waals surface area contributed by atoms with Crippen LogP contribution in [0.4, 0.5) is 0 Å². The van der Waals surface area contributed by atoms with E-state index in [9.17, 15) is 0 Å². The summed E-state index contributed by atoms with van der Waals surface area (Å²) in [6, 6.07) is 0.253. The summed E-state index contributed by atoms with van der Waals surface area (Å²) in [6.07, 6.45) is 4.55. The molecule has 2 saturated heterocycles. The first-order chi connectivity index (χ1) is 10.2. The lowest BCUT2D eigenvalue weighted by atomic mass is 9.95. The lowest BCUT2D eigenvalue weighted by Gasteiger charge is -2.24. The molecule has 0 saturated carbocycles. The van der Waals surface area contributed by atoms with Gasteiger partial charge in [0, 0.05) is 13.0 Å². The van der Waals surface area contributed by atoms with Crippen LogP contribution in [-0.4, -0.2) is 66.8 Å². The highest BCUT2D eigenvalue weighted by atomic mass is 16.5. The van der Waals surface area contributed by atoms with Crippen LogP contribution in [0.15, 0.2) is 4.52 Å². The van der Waals surface area contributed by atoms with E-state index in [1.165, 1.54) is 19.3 Å². The average molecular weight is 293 g/mol. The number of nitrogens with one attached hydrogen (secondary N) is 1. The van der Waals surface area contributed by atoms with Crippen LogP contribution in [0, 0.1) is 5.92 Å². The van der Waals surface area contributed by atoms with E-state index in [1.807, 2.05) is 0 Å². The second kappa shape index (κ2) is 6.85. The Morgan fingerprint density at radius 2 is 2.05 bits per heavy atom. The molecule has 21 heavy (non-hydrogen) atoms. The Labute approximate surface area is 126 Å². The second-order valence-corrected chi connectivity index (χ2v) is 6.56. The van der Waals surface area contributed by atoms with Crippen molar-refractivity contribution in [3.05, 3.63) is 11.7 Å². The zero-order valence-corrected chi connectivity index (χ0v) is 13.2. The molecule has 1 aromatic heterocycles. The molecule has 0 bridgehead atoms. The van der Waals surface area contributed by atoms with Crippen LogP contribution < -0.4 is 5.32 Å². The Balaban J connectivity index is 1.65. The summed E-state index contributed by atoms with van der Waals surface area (Å²) < 4.78 is 5.52. The Kier molecular flexibility index (Phi) is 4.87. The number of hydrogen-bond donors (Lipinski definition) is 1. The molecule has 0 aromatic carbocycles. The largest absolute Gasteiger partial charge is 0.339 e. The minimum atomic E-state index is 0.253. The topological polar surface area (TPSA) is 57.4 Å². The predicted molar refractivity (Wildman–Crippen MR) is 81.1 cm³/mol. The summed E-state index contributed by atoms with van der Waals surface area (Å²) in [6.45, 7) is 5.43. The smallest absolute Gasteiger partial charge is 0.226 e. The number of piperidine rings is 1. The van der Waals surface area contributed by atoms with Crippen LogP contribution in [0.3, 0.4) is 0 Å². The molecule has 0 radical (unpaired) electrons. The third kappa shape index (κ3) is 3.81. The van der Waals surface area contributed by atoms with Crippen molar-refractivity contribution in [2.75, 3.05) is 46.8 Å². The highest BCUT2D eigenvalue weighted by Crippen LogP contribution is 2.22. The molecule has 118 valence electrons. The van der Waals surface area contributed by atoms with Crippen LogP contribution in [0.2, 0.25) is 0 Å². The molecule has 1 unspecified atom stereocenters. The average Bonchev–Trinajstić information content (AvgIpc) is 2.86. The molecule has 2 fully saturated rings. The third-order valence-corrected chi connectivity index (χ3v) is 4.77. The van der Waals surface area contributed by atoms with Crippen molar-refractivity contribution in [1.82, 2.24) is 25.3 Å². The van der Waals surface area contributed by atoms with Gasteiger partial charge in [0.1, 0.15) is 0 Å². The zero-order valence-electron chi connectivity index (χ0n) is 13.2. The SMILES string of the molecule is CN1CCCN(C)C(c2noc(CC3CCNCC3)n2)C1. The normalized spacial score (nSPS) is 26.9. The van der Waals surface area contributed by atoms with Crippen molar-refractivity contribution >= 4 is 0 Å². The van der Waals surface area contributed by atoms with Gasteiger partial charge in [0.15, 0.2) is 5.82 Å². The van der Waals surface area contributed by atoms with Crippen molar-refractivity contribution in [3.63, 3.8) is 0 Å². The number of hydrogen-bond acceptors (Lipinski definition) is 6. The molecule has 6 heteroatoms. The Bertz CT molecular complexity index is 443. The summed E-state index contributed by atoms with van der Waals surface area (Å²) in [7, 11) is 4.33. The minimum absolute atomic E-state index is 0.253. The fraction of sp³-hybridized carbons (Fsp3) is 0.867. The second-order valence-electron chi connectivity index (χ2n) is 6.56. The van der Waals surface area contributed by atoms with Gasteiger partial charge < -0.3 is 14.7 Å². The zero-order chi connectivity index (χ0) is 14.7. The fourth-order valence-corrected chi connectivity index (χ4v) is 3.37. The molecular formula is C15H27N5O. The van der Waals surface area contributed by atoms with Gasteiger partial charge in [0.05, 0.1) is 6.04 Å². The molecule has 3 rings (SSSR count). The van der Waals surface area contributed by atoms with Gasteiger partial charge >= 0.3 is 0 Å². The molecule has 0 amide bonds. The van der Waals surface area contributed by atoms with Gasteiger partial charge in [-0.15, -0.1) is 0 Å². The van der Waals surface area contributed by atoms with Crippen LogP contribution >= 0.6 is 0 Å². The summed E-state index contributed by atoms with van der Waals surface area (Å²) in [5.74, 6) is 2.36. The van der Waals surface area contributed by atoms with E-state index >= 15 is 0 Å². The molecular weight excluding hydrogens is 266 g/mol. The van der Waals surface area contributed by atoms with E-state index in [0.717, 1.165) is 50.9 Å². The van der Waals surface area contributed by atoms with Crippen LogP contribution in [-0.2, 0) is 6.42 Å². The first-order valence-corrected chi connectivity index (χ1v) is 8.14. The molecule has 1 atom stereocenters. The summed E-state index contributed by atoms with van der Waals surface area (Å²) in [5, 5.41) is 7.66. The monoisotopic (exact) mass is 293 g/mol. The molecule has 1 aromatic rings. The van der Waals surface area contributed by atoms with Gasteiger partial charge in [0.25, 0.3) is 0 Å². The molecule has 2 aliphatic rings. The number of nitrogens with zero attached hydrogens (tertiary/aromatic N) is 4. The first kappa shape index (κ1) is 14.9. The summed E-state index contributed by atoms with van der Waals surface area (Å²) >= 11 is 0. The predicted octanol–water partition coefficient (Wildman–Crippen LogP) is 0.920. The molecule has 3 heterocycles. The third-order valence-electron chi connectivity index (χ3n) is 4.77. The number of likely N-dealkylation sites (N-methyl/N-ethyl adjacent to an activating group) is 2. The van der Waals surface area contributed by atoms with Gasteiger partial charge in [-0.3, -0.25) is 4.90 Å². The van der Waals surface area contributed by atoms with Crippen molar-refractivity contribution < 1.29 is 4.52 Å². The van der Waals surface area contributed by atoms with Crippen molar-refractivity contribution in [2.24, 2.45) is 5.92 Å². The van der Waals surface area contributed by atoms with E-state index in [1.54, 1.807) is 0 Å². The molecule has 6 nitrogen and oxygen atoms in total. The molecule has 0 spiro atoms. The van der Waals surface area contributed by atoms with Gasteiger partial charge in [-0.2, -0.15) is 4.98 Å². The number of aromatic nitrogens is 2. The van der Waals surface area contributed by atoms with Crippen LogP contribution in [0.1, 0.15) is 37.0 Å². The molecule has 2 aliphatic heterocycles. The van der Waals surface area contributed by atoms with Crippen LogP contribution in [0.25, 0.3) is 0 Å². The van der Waals surface area contributed by atoms with Crippen molar-refractivity contribution in [1.29, 1.82) is 0 Å². The Morgan fingerprint density at radius 3 is 2.86 bits per heavy atom.